The number of piperidine rings is 1. The maximum Gasteiger partial charge on any atom is 0.186 e. The Balaban J connectivity index is 1.78. The third-order valence-electron chi connectivity index (χ3n) is 3.71. The maximum absolute atomic E-state index is 12.1. The Bertz CT molecular complexity index is 420. The first-order valence-corrected chi connectivity index (χ1v) is 7.83. The molecule has 1 aliphatic rings. The number of hydrogen-bond donors (Lipinski definition) is 0. The van der Waals surface area contributed by atoms with Gasteiger partial charge in [0, 0.05) is 11.4 Å². The predicted molar refractivity (Wildman–Crippen MR) is 81.1 cm³/mol. The fourth-order valence-electron chi connectivity index (χ4n) is 2.71. The second kappa shape index (κ2) is 6.64. The molecule has 1 aliphatic heterocycles. The average Bonchev–Trinajstić information content (AvgIpc) is 2.78. The summed E-state index contributed by atoms with van der Waals surface area (Å²) in [6, 6.07) is 3.99. The van der Waals surface area contributed by atoms with Gasteiger partial charge in [-0.25, -0.2) is 0 Å². The van der Waals surface area contributed by atoms with Crippen LogP contribution in [0.25, 0.3) is 0 Å². The van der Waals surface area contributed by atoms with Crippen LogP contribution in [0, 0.1) is 12.8 Å². The molecule has 1 aromatic heterocycles. The molecule has 2 heterocycles. The van der Waals surface area contributed by atoms with Crippen molar-refractivity contribution < 1.29 is 4.79 Å². The molecule has 0 spiro atoms. The van der Waals surface area contributed by atoms with Crippen molar-refractivity contribution in [1.82, 2.24) is 9.80 Å². The second-order valence-corrected chi connectivity index (χ2v) is 7.10. The smallest absolute Gasteiger partial charge is 0.186 e. The predicted octanol–water partition coefficient (Wildman–Crippen LogP) is 2.51. The third kappa shape index (κ3) is 4.41. The molecule has 0 bridgehead atoms. The molecule has 0 N–H and O–H groups in total. The van der Waals surface area contributed by atoms with E-state index in [1.807, 2.05) is 19.1 Å². The van der Waals surface area contributed by atoms with Crippen LogP contribution in [0.2, 0.25) is 0 Å². The Morgan fingerprint density at radius 1 is 1.37 bits per heavy atom. The van der Waals surface area contributed by atoms with Crippen LogP contribution < -0.4 is 0 Å². The van der Waals surface area contributed by atoms with E-state index >= 15 is 0 Å². The quantitative estimate of drug-likeness (QED) is 0.774. The highest BCUT2D eigenvalue weighted by molar-refractivity contribution is 7.14. The van der Waals surface area contributed by atoms with Crippen molar-refractivity contribution in [3.8, 4) is 0 Å². The summed E-state index contributed by atoms with van der Waals surface area (Å²) in [5, 5.41) is 0. The summed E-state index contributed by atoms with van der Waals surface area (Å²) in [4.78, 5) is 18.8. The van der Waals surface area contributed by atoms with Gasteiger partial charge in [-0.05, 0) is 65.0 Å². The molecular formula is C15H24N2OS. The lowest BCUT2D eigenvalue weighted by atomic mass is 9.96. The van der Waals surface area contributed by atoms with Gasteiger partial charge in [0.1, 0.15) is 0 Å². The fourth-order valence-corrected chi connectivity index (χ4v) is 3.51. The van der Waals surface area contributed by atoms with Crippen molar-refractivity contribution in [3.05, 3.63) is 21.9 Å². The van der Waals surface area contributed by atoms with Crippen molar-refractivity contribution in [2.24, 2.45) is 5.92 Å². The summed E-state index contributed by atoms with van der Waals surface area (Å²) in [5.74, 6) is 1.08. The zero-order chi connectivity index (χ0) is 13.8. The molecule has 1 saturated heterocycles. The summed E-state index contributed by atoms with van der Waals surface area (Å²) >= 11 is 1.61. The van der Waals surface area contributed by atoms with E-state index < -0.39 is 0 Å². The summed E-state index contributed by atoms with van der Waals surface area (Å²) in [6.07, 6.45) is 2.43. The number of thiophene rings is 1. The van der Waals surface area contributed by atoms with Crippen LogP contribution in [0.1, 0.15) is 27.4 Å². The highest BCUT2D eigenvalue weighted by Crippen LogP contribution is 2.20. The number of carbonyl (C=O) groups is 1. The first-order chi connectivity index (χ1) is 9.04. The molecule has 0 radical (unpaired) electrons. The SMILES string of the molecule is Cc1ccc(C(=O)CN2CCC(CN(C)C)CC2)s1. The summed E-state index contributed by atoms with van der Waals surface area (Å²) in [5.41, 5.74) is 0. The fraction of sp³-hybridized carbons (Fsp3) is 0.667. The first-order valence-electron chi connectivity index (χ1n) is 7.01. The van der Waals surface area contributed by atoms with Gasteiger partial charge in [0.25, 0.3) is 0 Å². The first kappa shape index (κ1) is 14.7. The standard InChI is InChI=1S/C15H24N2OS/c1-12-4-5-15(19-12)14(18)11-17-8-6-13(7-9-17)10-16(2)3/h4-5,13H,6-11H2,1-3H3. The van der Waals surface area contributed by atoms with Gasteiger partial charge in [0.15, 0.2) is 5.78 Å². The zero-order valence-electron chi connectivity index (χ0n) is 12.2. The molecule has 1 fully saturated rings. The summed E-state index contributed by atoms with van der Waals surface area (Å²) in [7, 11) is 4.27. The molecule has 0 saturated carbocycles. The topological polar surface area (TPSA) is 23.6 Å². The highest BCUT2D eigenvalue weighted by Gasteiger charge is 2.21. The third-order valence-corrected chi connectivity index (χ3v) is 4.75. The Morgan fingerprint density at radius 3 is 2.58 bits per heavy atom. The summed E-state index contributed by atoms with van der Waals surface area (Å²) < 4.78 is 0. The van der Waals surface area contributed by atoms with Crippen molar-refractivity contribution in [2.75, 3.05) is 40.3 Å². The number of carbonyl (C=O) groups excluding carboxylic acids is 1. The molecule has 0 aliphatic carbocycles. The van der Waals surface area contributed by atoms with E-state index in [4.69, 9.17) is 0 Å². The molecule has 19 heavy (non-hydrogen) atoms. The molecule has 3 nitrogen and oxygen atoms in total. The van der Waals surface area contributed by atoms with Gasteiger partial charge in [0.2, 0.25) is 0 Å². The number of aryl methyl sites for hydroxylation is 1. The lowest BCUT2D eigenvalue weighted by Crippen LogP contribution is -2.39. The Hall–Kier alpha value is -0.710. The van der Waals surface area contributed by atoms with E-state index in [0.717, 1.165) is 23.9 Å². The van der Waals surface area contributed by atoms with Gasteiger partial charge in [-0.1, -0.05) is 0 Å². The monoisotopic (exact) mass is 280 g/mol. The zero-order valence-corrected chi connectivity index (χ0v) is 13.0. The number of ketones is 1. The van der Waals surface area contributed by atoms with Gasteiger partial charge < -0.3 is 4.90 Å². The van der Waals surface area contributed by atoms with Gasteiger partial charge >= 0.3 is 0 Å². The molecule has 2 rings (SSSR count). The molecule has 0 amide bonds. The van der Waals surface area contributed by atoms with Crippen LogP contribution in [0.15, 0.2) is 12.1 Å². The molecule has 1 aromatic rings. The van der Waals surface area contributed by atoms with Crippen molar-refractivity contribution >= 4 is 17.1 Å². The van der Waals surface area contributed by atoms with E-state index in [0.29, 0.717) is 6.54 Å². The minimum absolute atomic E-state index is 0.282. The van der Waals surface area contributed by atoms with Gasteiger partial charge in [-0.3, -0.25) is 9.69 Å². The van der Waals surface area contributed by atoms with E-state index in [1.54, 1.807) is 11.3 Å². The Labute approximate surface area is 120 Å². The van der Waals surface area contributed by atoms with Crippen molar-refractivity contribution in [2.45, 2.75) is 19.8 Å². The second-order valence-electron chi connectivity index (χ2n) is 5.82. The molecule has 106 valence electrons. The van der Waals surface area contributed by atoms with Gasteiger partial charge in [-0.15, -0.1) is 11.3 Å². The van der Waals surface area contributed by atoms with Crippen LogP contribution >= 0.6 is 11.3 Å². The lowest BCUT2D eigenvalue weighted by molar-refractivity contribution is 0.0890. The molecule has 0 aromatic carbocycles. The van der Waals surface area contributed by atoms with E-state index in [9.17, 15) is 4.79 Å². The molecule has 0 unspecified atom stereocenters. The van der Waals surface area contributed by atoms with Crippen LogP contribution in [0.3, 0.4) is 0 Å². The van der Waals surface area contributed by atoms with Crippen LogP contribution in [-0.4, -0.2) is 55.9 Å². The van der Waals surface area contributed by atoms with Crippen molar-refractivity contribution in [3.63, 3.8) is 0 Å². The average molecular weight is 280 g/mol. The Morgan fingerprint density at radius 2 is 2.05 bits per heavy atom. The largest absolute Gasteiger partial charge is 0.309 e. The lowest BCUT2D eigenvalue weighted by Gasteiger charge is -2.32. The van der Waals surface area contributed by atoms with E-state index in [2.05, 4.69) is 23.9 Å². The minimum Gasteiger partial charge on any atom is -0.309 e. The molecule has 4 heteroatoms. The van der Waals surface area contributed by atoms with Gasteiger partial charge in [0.05, 0.1) is 11.4 Å². The number of Topliss-reactive ketones (excluding diaryl/α,β-unsaturated/α-hetero) is 1. The van der Waals surface area contributed by atoms with Crippen LogP contribution in [0.4, 0.5) is 0 Å². The van der Waals surface area contributed by atoms with Crippen molar-refractivity contribution in [1.29, 1.82) is 0 Å². The number of nitrogens with zero attached hydrogens (tertiary/aromatic N) is 2. The number of likely N-dealkylation sites (tertiary alicyclic amines) is 1. The number of hydrogen-bond acceptors (Lipinski definition) is 4. The molecular weight excluding hydrogens is 256 g/mol. The minimum atomic E-state index is 0.282. The maximum atomic E-state index is 12.1. The van der Waals surface area contributed by atoms with E-state index in [1.165, 1.54) is 24.3 Å². The molecule has 0 atom stereocenters. The van der Waals surface area contributed by atoms with Crippen LogP contribution in [-0.2, 0) is 0 Å². The van der Waals surface area contributed by atoms with Gasteiger partial charge in [-0.2, -0.15) is 0 Å². The number of rotatable bonds is 5. The highest BCUT2D eigenvalue weighted by atomic mass is 32.1. The van der Waals surface area contributed by atoms with Crippen LogP contribution in [0.5, 0.6) is 0 Å². The Kier molecular flexibility index (Phi) is 5.13. The van der Waals surface area contributed by atoms with E-state index in [-0.39, 0.29) is 5.78 Å². The summed E-state index contributed by atoms with van der Waals surface area (Å²) in [6.45, 7) is 5.94. The normalized spacial score (nSPS) is 18.1.